The minimum Gasteiger partial charge on any atom is -0.497 e. The van der Waals surface area contributed by atoms with E-state index in [0.717, 1.165) is 0 Å². The second-order valence-electron chi connectivity index (χ2n) is 6.22. The number of halogens is 1. The molecule has 0 saturated heterocycles. The molecular weight excluding hydrogens is 409 g/mol. The van der Waals surface area contributed by atoms with Gasteiger partial charge in [-0.2, -0.15) is 0 Å². The van der Waals surface area contributed by atoms with Crippen LogP contribution in [-0.2, 0) is 18.4 Å². The molecule has 2 amide bonds. The molecule has 0 spiro atoms. The topological polar surface area (TPSA) is 98.1 Å². The summed E-state index contributed by atoms with van der Waals surface area (Å²) in [6.07, 6.45) is 0. The van der Waals surface area contributed by atoms with Gasteiger partial charge in [0.2, 0.25) is 5.91 Å². The fourth-order valence-electron chi connectivity index (χ4n) is 2.52. The Bertz CT molecular complexity index is 1040. The van der Waals surface area contributed by atoms with Gasteiger partial charge in [-0.1, -0.05) is 17.8 Å². The lowest BCUT2D eigenvalue weighted by molar-refractivity contribution is -0.113. The number of thioether (sulfide) groups is 1. The zero-order valence-electron chi connectivity index (χ0n) is 16.4. The summed E-state index contributed by atoms with van der Waals surface area (Å²) in [6, 6.07) is 12.4. The third-order valence-corrected chi connectivity index (χ3v) is 5.15. The molecule has 2 N–H and O–H groups in total. The Kier molecular flexibility index (Phi) is 7.02. The average molecular weight is 429 g/mol. The summed E-state index contributed by atoms with van der Waals surface area (Å²) in [5.41, 5.74) is 0.891. The Morgan fingerprint density at radius 1 is 1.17 bits per heavy atom. The molecule has 3 rings (SSSR count). The zero-order chi connectivity index (χ0) is 21.5. The summed E-state index contributed by atoms with van der Waals surface area (Å²) in [4.78, 5) is 24.3. The van der Waals surface area contributed by atoms with Gasteiger partial charge in [0.1, 0.15) is 11.6 Å². The van der Waals surface area contributed by atoms with E-state index in [9.17, 15) is 14.0 Å². The maximum atomic E-state index is 13.2. The maximum Gasteiger partial charge on any atom is 0.251 e. The Balaban J connectivity index is 1.51. The molecule has 2 aromatic carbocycles. The van der Waals surface area contributed by atoms with E-state index in [2.05, 4.69) is 20.8 Å². The van der Waals surface area contributed by atoms with Crippen molar-refractivity contribution in [1.82, 2.24) is 20.1 Å². The average Bonchev–Trinajstić information content (AvgIpc) is 3.10. The lowest BCUT2D eigenvalue weighted by Gasteiger charge is -2.07. The van der Waals surface area contributed by atoms with E-state index in [1.54, 1.807) is 49.1 Å². The summed E-state index contributed by atoms with van der Waals surface area (Å²) in [5.74, 6) is 0.343. The van der Waals surface area contributed by atoms with Crippen LogP contribution in [0.15, 0.2) is 53.7 Å². The quantitative estimate of drug-likeness (QED) is 0.534. The van der Waals surface area contributed by atoms with Gasteiger partial charge in [0.25, 0.3) is 5.91 Å². The van der Waals surface area contributed by atoms with E-state index < -0.39 is 5.82 Å². The highest BCUT2D eigenvalue weighted by Crippen LogP contribution is 2.17. The van der Waals surface area contributed by atoms with Crippen LogP contribution in [-0.4, -0.2) is 39.4 Å². The van der Waals surface area contributed by atoms with Crippen molar-refractivity contribution in [1.29, 1.82) is 0 Å². The van der Waals surface area contributed by atoms with Gasteiger partial charge in [-0.25, -0.2) is 4.39 Å². The first-order valence-electron chi connectivity index (χ1n) is 8.95. The van der Waals surface area contributed by atoms with E-state index in [-0.39, 0.29) is 24.1 Å². The largest absolute Gasteiger partial charge is 0.497 e. The number of aromatic nitrogens is 3. The van der Waals surface area contributed by atoms with Crippen LogP contribution in [0.1, 0.15) is 16.2 Å². The minimum absolute atomic E-state index is 0.0840. The highest BCUT2D eigenvalue weighted by atomic mass is 32.2. The molecule has 1 aromatic heterocycles. The highest BCUT2D eigenvalue weighted by molar-refractivity contribution is 7.99. The molecule has 0 bridgehead atoms. The van der Waals surface area contributed by atoms with Gasteiger partial charge in [-0.3, -0.25) is 9.59 Å². The predicted octanol–water partition coefficient (Wildman–Crippen LogP) is 2.62. The number of hydrogen-bond acceptors (Lipinski definition) is 6. The van der Waals surface area contributed by atoms with E-state index in [4.69, 9.17) is 4.74 Å². The number of rotatable bonds is 8. The van der Waals surface area contributed by atoms with Crippen molar-refractivity contribution in [2.75, 3.05) is 18.2 Å². The Hall–Kier alpha value is -3.40. The van der Waals surface area contributed by atoms with Gasteiger partial charge in [-0.05, 0) is 42.5 Å². The number of amides is 2. The van der Waals surface area contributed by atoms with Crippen LogP contribution in [0.2, 0.25) is 0 Å². The van der Waals surface area contributed by atoms with Gasteiger partial charge in [0.15, 0.2) is 11.0 Å². The maximum absolute atomic E-state index is 13.2. The van der Waals surface area contributed by atoms with E-state index >= 15 is 0 Å². The zero-order valence-corrected chi connectivity index (χ0v) is 17.2. The monoisotopic (exact) mass is 429 g/mol. The molecular formula is C20H20FN5O3S. The smallest absolute Gasteiger partial charge is 0.251 e. The summed E-state index contributed by atoms with van der Waals surface area (Å²) >= 11 is 1.19. The third kappa shape index (κ3) is 5.57. The van der Waals surface area contributed by atoms with Crippen LogP contribution in [0.3, 0.4) is 0 Å². The van der Waals surface area contributed by atoms with E-state index in [1.165, 1.54) is 30.0 Å². The normalized spacial score (nSPS) is 10.5. The van der Waals surface area contributed by atoms with Gasteiger partial charge in [0.05, 0.1) is 19.4 Å². The fraction of sp³-hybridized carbons (Fsp3) is 0.200. The predicted molar refractivity (Wildman–Crippen MR) is 111 cm³/mol. The fourth-order valence-corrected chi connectivity index (χ4v) is 3.25. The number of carbonyl (C=O) groups is 2. The third-order valence-electron chi connectivity index (χ3n) is 4.13. The van der Waals surface area contributed by atoms with Crippen LogP contribution >= 0.6 is 11.8 Å². The Morgan fingerprint density at radius 3 is 2.63 bits per heavy atom. The molecule has 0 fully saturated rings. The molecule has 1 heterocycles. The molecule has 0 radical (unpaired) electrons. The van der Waals surface area contributed by atoms with Gasteiger partial charge in [0, 0.05) is 18.3 Å². The number of hydrogen-bond donors (Lipinski definition) is 2. The van der Waals surface area contributed by atoms with Crippen LogP contribution < -0.4 is 15.4 Å². The SMILES string of the molecule is COc1ccc(C(=O)NCc2nnc(SCC(=O)Nc3cccc(F)c3)n2C)cc1. The van der Waals surface area contributed by atoms with Crippen molar-refractivity contribution in [3.05, 3.63) is 65.7 Å². The molecule has 156 valence electrons. The second-order valence-corrected chi connectivity index (χ2v) is 7.16. The molecule has 0 unspecified atom stereocenters. The molecule has 10 heteroatoms. The lowest BCUT2D eigenvalue weighted by Crippen LogP contribution is -2.24. The van der Waals surface area contributed by atoms with Crippen LogP contribution in [0.4, 0.5) is 10.1 Å². The van der Waals surface area contributed by atoms with Crippen LogP contribution in [0, 0.1) is 5.82 Å². The van der Waals surface area contributed by atoms with Crippen molar-refractivity contribution in [3.8, 4) is 5.75 Å². The number of anilines is 1. The Labute approximate surface area is 176 Å². The van der Waals surface area contributed by atoms with Crippen molar-refractivity contribution in [2.24, 2.45) is 7.05 Å². The number of nitrogens with one attached hydrogen (secondary N) is 2. The molecule has 0 saturated carbocycles. The minimum atomic E-state index is -0.421. The molecule has 0 aliphatic carbocycles. The van der Waals surface area contributed by atoms with E-state index in [1.807, 2.05) is 0 Å². The van der Waals surface area contributed by atoms with Crippen LogP contribution in [0.5, 0.6) is 5.75 Å². The van der Waals surface area contributed by atoms with Crippen molar-refractivity contribution in [3.63, 3.8) is 0 Å². The molecule has 0 atom stereocenters. The molecule has 30 heavy (non-hydrogen) atoms. The Morgan fingerprint density at radius 2 is 1.93 bits per heavy atom. The second kappa shape index (κ2) is 9.88. The molecule has 8 nitrogen and oxygen atoms in total. The summed E-state index contributed by atoms with van der Waals surface area (Å²) < 4.78 is 20.0. The number of nitrogens with zero attached hydrogens (tertiary/aromatic N) is 3. The van der Waals surface area contributed by atoms with Gasteiger partial charge < -0.3 is 19.9 Å². The van der Waals surface area contributed by atoms with Crippen molar-refractivity contribution in [2.45, 2.75) is 11.7 Å². The lowest BCUT2D eigenvalue weighted by atomic mass is 10.2. The van der Waals surface area contributed by atoms with Gasteiger partial charge >= 0.3 is 0 Å². The van der Waals surface area contributed by atoms with Crippen molar-refractivity contribution >= 4 is 29.3 Å². The molecule has 0 aliphatic rings. The number of benzene rings is 2. The first-order valence-corrected chi connectivity index (χ1v) is 9.93. The number of carbonyl (C=O) groups excluding carboxylic acids is 2. The number of ether oxygens (including phenoxy) is 1. The molecule has 0 aliphatic heterocycles. The van der Waals surface area contributed by atoms with Gasteiger partial charge in [-0.15, -0.1) is 10.2 Å². The number of methoxy groups -OCH3 is 1. The highest BCUT2D eigenvalue weighted by Gasteiger charge is 2.13. The standard InChI is InChI=1S/C20H20FN5O3S/c1-26-17(11-22-19(28)13-6-8-16(29-2)9-7-13)24-25-20(26)30-12-18(27)23-15-5-3-4-14(21)10-15/h3-10H,11-12H2,1-2H3,(H,22,28)(H,23,27). The van der Waals surface area contributed by atoms with Crippen molar-refractivity contribution < 1.29 is 18.7 Å². The van der Waals surface area contributed by atoms with Crippen LogP contribution in [0.25, 0.3) is 0 Å². The molecule has 3 aromatic rings. The first-order chi connectivity index (χ1) is 14.5. The summed E-state index contributed by atoms with van der Waals surface area (Å²) in [7, 11) is 3.31. The van der Waals surface area contributed by atoms with E-state index in [0.29, 0.717) is 28.0 Å². The first kappa shape index (κ1) is 21.3. The summed E-state index contributed by atoms with van der Waals surface area (Å²) in [5, 5.41) is 14.0. The summed E-state index contributed by atoms with van der Waals surface area (Å²) in [6.45, 7) is 0.185.